The maximum Gasteiger partial charge on any atom is 0.336 e. The Kier molecular flexibility index (Phi) is 13.7. The minimum atomic E-state index is -1.00. The summed E-state index contributed by atoms with van der Waals surface area (Å²) in [4.78, 5) is 39.0. The molecular weight excluding hydrogens is 705 g/mol. The van der Waals surface area contributed by atoms with Crippen LogP contribution in [0.2, 0.25) is 5.02 Å². The van der Waals surface area contributed by atoms with E-state index in [4.69, 9.17) is 16.3 Å². The zero-order chi connectivity index (χ0) is 38.1. The average Bonchev–Trinajstić information content (AvgIpc) is 3.55. The van der Waals surface area contributed by atoms with Crippen LogP contribution in [0.4, 0.5) is 30.4 Å². The van der Waals surface area contributed by atoms with Gasteiger partial charge < -0.3 is 9.64 Å². The highest BCUT2D eigenvalue weighted by Crippen LogP contribution is 2.43. The Bertz CT molecular complexity index is 1940. The number of carbonyl (C=O) groups excluding carboxylic acids is 1. The van der Waals surface area contributed by atoms with E-state index in [0.717, 1.165) is 50.7 Å². The number of piperidine rings is 1. The van der Waals surface area contributed by atoms with Crippen molar-refractivity contribution in [1.29, 1.82) is 0 Å². The number of nitrogens with zero attached hydrogens (tertiary/aromatic N) is 6. The molecule has 0 aliphatic carbocycles. The molecule has 0 saturated carbocycles. The monoisotopic (exact) mass is 744 g/mol. The Morgan fingerprint density at radius 3 is 2.31 bits per heavy atom. The Morgan fingerprint density at radius 2 is 1.71 bits per heavy atom. The molecule has 2 aromatic carbocycles. The first-order valence-electron chi connectivity index (χ1n) is 17.0. The van der Waals surface area contributed by atoms with Gasteiger partial charge in [-0.15, -0.1) is 0 Å². The number of carbonyl (C=O) groups is 1. The number of ether oxygens (including phenoxy) is 1. The van der Waals surface area contributed by atoms with Crippen LogP contribution in [0.5, 0.6) is 5.75 Å². The number of esters is 1. The van der Waals surface area contributed by atoms with Crippen LogP contribution in [0.25, 0.3) is 16.8 Å². The summed E-state index contributed by atoms with van der Waals surface area (Å²) in [5, 5.41) is 26.9. The van der Waals surface area contributed by atoms with Crippen molar-refractivity contribution in [3.63, 3.8) is 0 Å². The average molecular weight is 745 g/mol. The van der Waals surface area contributed by atoms with Gasteiger partial charge in [-0.3, -0.25) is 20.2 Å². The molecule has 1 saturated heterocycles. The van der Waals surface area contributed by atoms with Crippen molar-refractivity contribution in [3.8, 4) is 16.9 Å². The first-order chi connectivity index (χ1) is 24.8. The number of fused-ring (bicyclic) bond motifs is 1. The zero-order valence-corrected chi connectivity index (χ0v) is 30.0. The van der Waals surface area contributed by atoms with Crippen LogP contribution in [0, 0.1) is 43.6 Å². The summed E-state index contributed by atoms with van der Waals surface area (Å²) in [6, 6.07) is 4.90. The molecule has 278 valence electrons. The summed E-state index contributed by atoms with van der Waals surface area (Å²) >= 11 is 6.40. The quantitative estimate of drug-likeness (QED) is 0.0345. The van der Waals surface area contributed by atoms with Gasteiger partial charge in [0.2, 0.25) is 5.75 Å². The maximum absolute atomic E-state index is 14.5. The molecule has 1 atom stereocenters. The summed E-state index contributed by atoms with van der Waals surface area (Å²) in [5.41, 5.74) is -0.377. The molecule has 3 heterocycles. The van der Waals surface area contributed by atoms with E-state index in [1.54, 1.807) is 6.92 Å². The van der Waals surface area contributed by atoms with E-state index in [1.165, 1.54) is 29.1 Å². The van der Waals surface area contributed by atoms with Gasteiger partial charge in [0.1, 0.15) is 29.6 Å². The second kappa shape index (κ2) is 17.9. The summed E-state index contributed by atoms with van der Waals surface area (Å²) in [6.45, 7) is 9.10. The summed E-state index contributed by atoms with van der Waals surface area (Å²) < 4.78 is 49.1. The molecule has 1 fully saturated rings. The molecule has 52 heavy (non-hydrogen) atoms. The van der Waals surface area contributed by atoms with Crippen molar-refractivity contribution in [1.82, 2.24) is 14.6 Å². The Balaban J connectivity index is 0.000000233. The third kappa shape index (κ3) is 9.43. The number of nitro benzene ring substituents is 2. The van der Waals surface area contributed by atoms with Crippen LogP contribution in [0.3, 0.4) is 0 Å². The van der Waals surface area contributed by atoms with Crippen LogP contribution in [-0.4, -0.2) is 43.5 Å². The third-order valence-corrected chi connectivity index (χ3v) is 9.15. The topological polar surface area (TPSA) is 146 Å². The van der Waals surface area contributed by atoms with Gasteiger partial charge in [0.05, 0.1) is 26.5 Å². The number of halogens is 4. The lowest BCUT2D eigenvalue weighted by Gasteiger charge is -2.33. The number of allylic oxidation sites excluding steroid dienone is 1. The molecule has 0 spiro atoms. The molecule has 4 aromatic rings. The van der Waals surface area contributed by atoms with E-state index in [2.05, 4.69) is 23.9 Å². The first-order valence-corrected chi connectivity index (χ1v) is 17.4. The van der Waals surface area contributed by atoms with Crippen molar-refractivity contribution in [2.24, 2.45) is 5.92 Å². The molecule has 1 aliphatic heterocycles. The second-order valence-corrected chi connectivity index (χ2v) is 13.1. The van der Waals surface area contributed by atoms with Crippen molar-refractivity contribution in [2.45, 2.75) is 78.6 Å². The summed E-state index contributed by atoms with van der Waals surface area (Å²) in [7, 11) is 0. The summed E-state index contributed by atoms with van der Waals surface area (Å²) in [6.07, 6.45) is 10.6. The fraction of sp³-hybridized carbons (Fsp3) is 0.417. The molecular formula is C36H40ClF3N6O6. The highest BCUT2D eigenvalue weighted by Gasteiger charge is 2.30. The highest BCUT2D eigenvalue weighted by molar-refractivity contribution is 6.34. The van der Waals surface area contributed by atoms with Crippen molar-refractivity contribution < 1.29 is 32.5 Å². The Morgan fingerprint density at radius 1 is 1.04 bits per heavy atom. The molecule has 1 unspecified atom stereocenters. The number of pyridine rings is 1. The molecule has 16 heteroatoms. The van der Waals surface area contributed by atoms with E-state index >= 15 is 0 Å². The minimum Gasteiger partial charge on any atom is -0.416 e. The normalized spacial score (nSPS) is 14.0. The van der Waals surface area contributed by atoms with Crippen LogP contribution in [-0.2, 0) is 4.79 Å². The van der Waals surface area contributed by atoms with Crippen molar-refractivity contribution in [3.05, 3.63) is 97.1 Å². The number of unbranched alkanes of at least 4 members (excludes halogenated alkanes) is 3. The summed E-state index contributed by atoms with van der Waals surface area (Å²) in [5.74, 6) is -3.14. The Hall–Kier alpha value is -5.05. The molecule has 2 aromatic heterocycles. The molecule has 1 aliphatic rings. The minimum absolute atomic E-state index is 0.142. The van der Waals surface area contributed by atoms with Gasteiger partial charge in [0.25, 0.3) is 5.69 Å². The second-order valence-electron chi connectivity index (χ2n) is 12.7. The largest absolute Gasteiger partial charge is 0.416 e. The molecule has 0 N–H and O–H groups in total. The molecule has 0 amide bonds. The lowest BCUT2D eigenvalue weighted by atomic mass is 9.93. The van der Waals surface area contributed by atoms with E-state index in [9.17, 15) is 38.2 Å². The number of anilines is 1. The number of aromatic nitrogens is 3. The number of benzene rings is 2. The van der Waals surface area contributed by atoms with Gasteiger partial charge >= 0.3 is 11.7 Å². The Labute approximate surface area is 303 Å². The van der Waals surface area contributed by atoms with Crippen LogP contribution >= 0.6 is 11.6 Å². The molecule has 0 radical (unpaired) electrons. The first kappa shape index (κ1) is 39.7. The van der Waals surface area contributed by atoms with Crippen LogP contribution in [0.1, 0.15) is 84.1 Å². The highest BCUT2D eigenvalue weighted by atomic mass is 35.5. The molecule has 12 nitrogen and oxygen atoms in total. The van der Waals surface area contributed by atoms with E-state index < -0.39 is 44.6 Å². The third-order valence-electron chi connectivity index (χ3n) is 8.85. The number of non-ortho nitro benzene ring substituents is 1. The predicted molar refractivity (Wildman–Crippen MR) is 191 cm³/mol. The van der Waals surface area contributed by atoms with E-state index in [1.807, 2.05) is 11.8 Å². The van der Waals surface area contributed by atoms with Gasteiger partial charge in [0, 0.05) is 54.6 Å². The number of hydrogen-bond donors (Lipinski definition) is 0. The van der Waals surface area contributed by atoms with E-state index in [-0.39, 0.29) is 27.8 Å². The zero-order valence-electron chi connectivity index (χ0n) is 29.3. The van der Waals surface area contributed by atoms with Crippen LogP contribution in [0.15, 0.2) is 48.8 Å². The lowest BCUT2D eigenvalue weighted by molar-refractivity contribution is -0.394. The standard InChI is InChI=1S/C18H16ClF3N4.C18H24N2O6/c1-10-2-4-25(5-3-10)18-16(12(19)8-15-23-9-24-26(15)18)17-13(21)6-11(20)7-14(17)22;1-4-6-7-8-10-13(3)15-11-14(19(22)23)12-16(20(24)25)18(15)26-17(21)9-5-2/h6-10H,2-5H2,1H3;5,9,11-13H,4,6-8,10H2,1-3H3/b;9-5+. The smallest absolute Gasteiger partial charge is 0.336 e. The predicted octanol–water partition coefficient (Wildman–Crippen LogP) is 9.76. The van der Waals surface area contributed by atoms with Gasteiger partial charge in [-0.1, -0.05) is 64.1 Å². The van der Waals surface area contributed by atoms with Crippen molar-refractivity contribution >= 4 is 40.4 Å². The maximum atomic E-state index is 14.5. The SMILES string of the molecule is C/C=C/C(=O)Oc1c(C(C)CCCCCC)cc([N+](=O)[O-])cc1[N+](=O)[O-].CC1CCN(c2c(-c3c(F)cc(F)cc3F)c(Cl)cc3ncnn23)CC1. The molecule has 5 rings (SSSR count). The van der Waals surface area contributed by atoms with Crippen LogP contribution < -0.4 is 9.64 Å². The van der Waals surface area contributed by atoms with Gasteiger partial charge in [-0.25, -0.2) is 22.9 Å². The lowest BCUT2D eigenvalue weighted by Crippen LogP contribution is -2.34. The number of hydrogen-bond acceptors (Lipinski definition) is 9. The van der Waals surface area contributed by atoms with Gasteiger partial charge in [-0.2, -0.15) is 9.61 Å². The van der Waals surface area contributed by atoms with Gasteiger partial charge in [0.15, 0.2) is 5.65 Å². The van der Waals surface area contributed by atoms with Crippen molar-refractivity contribution in [2.75, 3.05) is 18.0 Å². The number of rotatable bonds is 12. The fourth-order valence-electron chi connectivity index (χ4n) is 6.08. The van der Waals surface area contributed by atoms with E-state index in [0.29, 0.717) is 54.6 Å². The van der Waals surface area contributed by atoms with Gasteiger partial charge in [-0.05, 0) is 38.0 Å². The fourth-order valence-corrected chi connectivity index (χ4v) is 6.35. The number of nitro groups is 2. The molecule has 0 bridgehead atoms.